The average Bonchev–Trinajstić information content (AvgIpc) is 2.33. The zero-order valence-corrected chi connectivity index (χ0v) is 9.58. The Labute approximate surface area is 98.4 Å². The van der Waals surface area contributed by atoms with Crippen molar-refractivity contribution in [2.24, 2.45) is 0 Å². The van der Waals surface area contributed by atoms with Crippen molar-refractivity contribution in [3.63, 3.8) is 0 Å². The highest BCUT2D eigenvalue weighted by molar-refractivity contribution is 6.29. The van der Waals surface area contributed by atoms with Crippen LogP contribution in [0.2, 0.25) is 0 Å². The minimum absolute atomic E-state index is 0.0339. The summed E-state index contributed by atoms with van der Waals surface area (Å²) in [6, 6.07) is 5.73. The summed E-state index contributed by atoms with van der Waals surface area (Å²) in [5, 5.41) is 4.91. The predicted molar refractivity (Wildman–Crippen MR) is 65.8 cm³/mol. The quantitative estimate of drug-likeness (QED) is 0.812. The number of carbonyl (C=O) groups is 1. The molecule has 4 heteroatoms. The Morgan fingerprint density at radius 1 is 1.44 bits per heavy atom. The molecule has 0 bridgehead atoms. The van der Waals surface area contributed by atoms with Gasteiger partial charge >= 0.3 is 0 Å². The average molecular weight is 235 g/mol. The van der Waals surface area contributed by atoms with Crippen LogP contribution in [0.1, 0.15) is 5.56 Å². The molecule has 82 valence electrons. The van der Waals surface area contributed by atoms with E-state index >= 15 is 0 Å². The standard InChI is InChI=1S/C12H11ClN2O/c1-8-10-4-5-14-7-9(10)2-3-11(8)15-12(16)6-13/h2-5,7H,6H2,1H3,(H,15,16). The van der Waals surface area contributed by atoms with E-state index in [9.17, 15) is 4.79 Å². The Morgan fingerprint density at radius 3 is 3.00 bits per heavy atom. The summed E-state index contributed by atoms with van der Waals surface area (Å²) in [7, 11) is 0. The third kappa shape index (κ3) is 1.99. The van der Waals surface area contributed by atoms with Crippen molar-refractivity contribution >= 4 is 34.0 Å². The fourth-order valence-corrected chi connectivity index (χ4v) is 1.71. The highest BCUT2D eigenvalue weighted by atomic mass is 35.5. The predicted octanol–water partition coefficient (Wildman–Crippen LogP) is 2.72. The lowest BCUT2D eigenvalue weighted by atomic mass is 10.1. The minimum atomic E-state index is -0.196. The van der Waals surface area contributed by atoms with Crippen LogP contribution in [0, 0.1) is 6.92 Å². The first-order valence-corrected chi connectivity index (χ1v) is 5.45. The maximum absolute atomic E-state index is 11.2. The van der Waals surface area contributed by atoms with E-state index in [0.29, 0.717) is 0 Å². The monoisotopic (exact) mass is 234 g/mol. The minimum Gasteiger partial charge on any atom is -0.325 e. The van der Waals surface area contributed by atoms with Gasteiger partial charge in [-0.3, -0.25) is 9.78 Å². The van der Waals surface area contributed by atoms with Crippen molar-refractivity contribution in [2.45, 2.75) is 6.92 Å². The molecular formula is C12H11ClN2O. The molecule has 0 fully saturated rings. The van der Waals surface area contributed by atoms with Crippen molar-refractivity contribution in [1.82, 2.24) is 4.98 Å². The first-order valence-electron chi connectivity index (χ1n) is 4.91. The van der Waals surface area contributed by atoms with E-state index in [1.807, 2.05) is 25.1 Å². The Bertz CT molecular complexity index is 540. The first kappa shape index (κ1) is 10.9. The second-order valence-electron chi connectivity index (χ2n) is 3.52. The van der Waals surface area contributed by atoms with Crippen molar-refractivity contribution in [2.75, 3.05) is 11.2 Å². The molecule has 0 spiro atoms. The van der Waals surface area contributed by atoms with Crippen LogP contribution in [0.25, 0.3) is 10.8 Å². The third-order valence-electron chi connectivity index (χ3n) is 2.48. The largest absolute Gasteiger partial charge is 0.325 e. The molecule has 0 aliphatic rings. The Balaban J connectivity index is 2.48. The molecule has 1 heterocycles. The number of pyridine rings is 1. The number of carbonyl (C=O) groups excluding carboxylic acids is 1. The number of halogens is 1. The molecule has 2 rings (SSSR count). The van der Waals surface area contributed by atoms with E-state index < -0.39 is 0 Å². The summed E-state index contributed by atoms with van der Waals surface area (Å²) in [6.07, 6.45) is 3.54. The van der Waals surface area contributed by atoms with Gasteiger partial charge in [0.25, 0.3) is 0 Å². The molecular weight excluding hydrogens is 224 g/mol. The normalized spacial score (nSPS) is 10.4. The molecule has 1 N–H and O–H groups in total. The van der Waals surface area contributed by atoms with Crippen LogP contribution in [0.15, 0.2) is 30.6 Å². The molecule has 0 saturated heterocycles. The van der Waals surface area contributed by atoms with Crippen molar-refractivity contribution in [3.05, 3.63) is 36.2 Å². The van der Waals surface area contributed by atoms with Gasteiger partial charge in [-0.15, -0.1) is 11.6 Å². The number of alkyl halides is 1. The molecule has 0 atom stereocenters. The molecule has 0 radical (unpaired) electrons. The fourth-order valence-electron chi connectivity index (χ4n) is 1.64. The number of benzene rings is 1. The van der Waals surface area contributed by atoms with E-state index in [1.165, 1.54) is 0 Å². The molecule has 0 aliphatic carbocycles. The highest BCUT2D eigenvalue weighted by Gasteiger charge is 2.05. The number of amides is 1. The van der Waals surface area contributed by atoms with Crippen LogP contribution < -0.4 is 5.32 Å². The first-order chi connectivity index (χ1) is 7.72. The number of aryl methyl sites for hydroxylation is 1. The zero-order valence-electron chi connectivity index (χ0n) is 8.83. The molecule has 0 aliphatic heterocycles. The SMILES string of the molecule is Cc1c(NC(=O)CCl)ccc2cnccc12. The van der Waals surface area contributed by atoms with E-state index in [1.54, 1.807) is 12.4 Å². The van der Waals surface area contributed by atoms with Gasteiger partial charge in [0.15, 0.2) is 0 Å². The maximum Gasteiger partial charge on any atom is 0.239 e. The van der Waals surface area contributed by atoms with Gasteiger partial charge in [0.2, 0.25) is 5.91 Å². The van der Waals surface area contributed by atoms with Crippen LogP contribution in [-0.2, 0) is 4.79 Å². The number of fused-ring (bicyclic) bond motifs is 1. The van der Waals surface area contributed by atoms with Crippen LogP contribution in [-0.4, -0.2) is 16.8 Å². The Morgan fingerprint density at radius 2 is 2.25 bits per heavy atom. The molecule has 1 amide bonds. The lowest BCUT2D eigenvalue weighted by Crippen LogP contribution is -2.13. The molecule has 2 aromatic rings. The van der Waals surface area contributed by atoms with Gasteiger partial charge in [0.1, 0.15) is 5.88 Å². The third-order valence-corrected chi connectivity index (χ3v) is 2.73. The molecule has 0 unspecified atom stereocenters. The summed E-state index contributed by atoms with van der Waals surface area (Å²) < 4.78 is 0. The van der Waals surface area contributed by atoms with Gasteiger partial charge in [0, 0.05) is 23.5 Å². The fraction of sp³-hybridized carbons (Fsp3) is 0.167. The summed E-state index contributed by atoms with van der Waals surface area (Å²) in [6.45, 7) is 1.96. The van der Waals surface area contributed by atoms with Crippen LogP contribution in [0.4, 0.5) is 5.69 Å². The Kier molecular flexibility index (Phi) is 3.06. The molecule has 16 heavy (non-hydrogen) atoms. The maximum atomic E-state index is 11.2. The number of hydrogen-bond donors (Lipinski definition) is 1. The van der Waals surface area contributed by atoms with Crippen LogP contribution in [0.3, 0.4) is 0 Å². The number of anilines is 1. The Hall–Kier alpha value is -1.61. The summed E-state index contributed by atoms with van der Waals surface area (Å²) in [5.74, 6) is -0.230. The van der Waals surface area contributed by atoms with E-state index in [2.05, 4.69) is 10.3 Å². The zero-order chi connectivity index (χ0) is 11.5. The summed E-state index contributed by atoms with van der Waals surface area (Å²) in [4.78, 5) is 15.3. The van der Waals surface area contributed by atoms with Gasteiger partial charge in [-0.05, 0) is 30.0 Å². The second-order valence-corrected chi connectivity index (χ2v) is 3.78. The number of nitrogens with zero attached hydrogens (tertiary/aromatic N) is 1. The van der Waals surface area contributed by atoms with E-state index in [-0.39, 0.29) is 11.8 Å². The lowest BCUT2D eigenvalue weighted by Gasteiger charge is -2.09. The van der Waals surface area contributed by atoms with Gasteiger partial charge in [-0.1, -0.05) is 6.07 Å². The van der Waals surface area contributed by atoms with Gasteiger partial charge in [-0.2, -0.15) is 0 Å². The topological polar surface area (TPSA) is 42.0 Å². The highest BCUT2D eigenvalue weighted by Crippen LogP contribution is 2.24. The van der Waals surface area contributed by atoms with Gasteiger partial charge < -0.3 is 5.32 Å². The van der Waals surface area contributed by atoms with Gasteiger partial charge in [-0.25, -0.2) is 0 Å². The molecule has 1 aromatic carbocycles. The van der Waals surface area contributed by atoms with Crippen LogP contribution >= 0.6 is 11.6 Å². The summed E-state index contributed by atoms with van der Waals surface area (Å²) in [5.41, 5.74) is 1.82. The lowest BCUT2D eigenvalue weighted by molar-refractivity contribution is -0.113. The second kappa shape index (κ2) is 4.49. The van der Waals surface area contributed by atoms with Crippen molar-refractivity contribution in [3.8, 4) is 0 Å². The molecule has 1 aromatic heterocycles. The number of rotatable bonds is 2. The number of nitrogens with one attached hydrogen (secondary N) is 1. The van der Waals surface area contributed by atoms with E-state index in [4.69, 9.17) is 11.6 Å². The number of aromatic nitrogens is 1. The van der Waals surface area contributed by atoms with E-state index in [0.717, 1.165) is 22.0 Å². The summed E-state index contributed by atoms with van der Waals surface area (Å²) >= 11 is 5.45. The molecule has 3 nitrogen and oxygen atoms in total. The van der Waals surface area contributed by atoms with Crippen LogP contribution in [0.5, 0.6) is 0 Å². The smallest absolute Gasteiger partial charge is 0.239 e. The van der Waals surface area contributed by atoms with Gasteiger partial charge in [0.05, 0.1) is 0 Å². The van der Waals surface area contributed by atoms with Crippen molar-refractivity contribution in [1.29, 1.82) is 0 Å². The molecule has 0 saturated carbocycles. The number of hydrogen-bond acceptors (Lipinski definition) is 2. The van der Waals surface area contributed by atoms with Crippen molar-refractivity contribution < 1.29 is 4.79 Å².